The van der Waals surface area contributed by atoms with Gasteiger partial charge in [0, 0.05) is 0 Å². The first-order valence-corrected chi connectivity index (χ1v) is 9.89. The molecule has 1 aliphatic heterocycles. The maximum Gasteiger partial charge on any atom is 0.308 e. The van der Waals surface area contributed by atoms with Gasteiger partial charge in [-0.25, -0.2) is 0 Å². The SMILES string of the molecule is CCOC(=O)CC(OC(c1ccccc1)c1ccccc1)C1CCNCC1. The normalized spacial score (nSPS) is 16.2. The van der Waals surface area contributed by atoms with Crippen molar-refractivity contribution < 1.29 is 14.3 Å². The zero-order chi connectivity index (χ0) is 18.9. The molecule has 1 unspecified atom stereocenters. The number of ether oxygens (including phenoxy) is 2. The molecule has 3 rings (SSSR count). The molecular weight excluding hydrogens is 338 g/mol. The Kier molecular flexibility index (Phi) is 7.43. The Bertz CT molecular complexity index is 644. The van der Waals surface area contributed by atoms with Gasteiger partial charge in [-0.3, -0.25) is 4.79 Å². The highest BCUT2D eigenvalue weighted by molar-refractivity contribution is 5.70. The second-order valence-electron chi connectivity index (χ2n) is 6.97. The molecule has 27 heavy (non-hydrogen) atoms. The van der Waals surface area contributed by atoms with Crippen LogP contribution in [-0.2, 0) is 14.3 Å². The predicted molar refractivity (Wildman–Crippen MR) is 106 cm³/mol. The van der Waals surface area contributed by atoms with Crippen LogP contribution in [0.1, 0.15) is 43.4 Å². The Labute approximate surface area is 161 Å². The third-order valence-corrected chi connectivity index (χ3v) is 5.10. The van der Waals surface area contributed by atoms with Crippen LogP contribution in [0.3, 0.4) is 0 Å². The van der Waals surface area contributed by atoms with Gasteiger partial charge in [-0.15, -0.1) is 0 Å². The number of carbonyl (C=O) groups is 1. The molecule has 0 saturated carbocycles. The van der Waals surface area contributed by atoms with Crippen LogP contribution in [0.2, 0.25) is 0 Å². The summed E-state index contributed by atoms with van der Waals surface area (Å²) in [5.74, 6) is 0.173. The third kappa shape index (κ3) is 5.65. The Morgan fingerprint density at radius 1 is 1.00 bits per heavy atom. The summed E-state index contributed by atoms with van der Waals surface area (Å²) in [4.78, 5) is 12.2. The maximum atomic E-state index is 12.2. The van der Waals surface area contributed by atoms with Gasteiger partial charge in [0.05, 0.1) is 19.1 Å². The van der Waals surface area contributed by atoms with Crippen LogP contribution >= 0.6 is 0 Å². The molecule has 0 radical (unpaired) electrons. The first-order chi connectivity index (χ1) is 13.3. The lowest BCUT2D eigenvalue weighted by atomic mass is 9.89. The number of nitrogens with one attached hydrogen (secondary N) is 1. The van der Waals surface area contributed by atoms with Crippen LogP contribution < -0.4 is 5.32 Å². The molecule has 1 saturated heterocycles. The number of hydrogen-bond donors (Lipinski definition) is 1. The van der Waals surface area contributed by atoms with E-state index in [1.165, 1.54) is 0 Å². The van der Waals surface area contributed by atoms with E-state index in [-0.39, 0.29) is 18.2 Å². The molecule has 2 aromatic carbocycles. The van der Waals surface area contributed by atoms with Crippen molar-refractivity contribution >= 4 is 5.97 Å². The van der Waals surface area contributed by atoms with Crippen LogP contribution in [0.5, 0.6) is 0 Å². The molecule has 0 aliphatic carbocycles. The Balaban J connectivity index is 1.85. The van der Waals surface area contributed by atoms with Gasteiger partial charge in [0.1, 0.15) is 6.10 Å². The minimum Gasteiger partial charge on any atom is -0.466 e. The minimum absolute atomic E-state index is 0.156. The number of piperidine rings is 1. The first-order valence-electron chi connectivity index (χ1n) is 9.89. The highest BCUT2D eigenvalue weighted by atomic mass is 16.5. The molecule has 1 atom stereocenters. The lowest BCUT2D eigenvalue weighted by molar-refractivity contribution is -0.149. The van der Waals surface area contributed by atoms with E-state index in [1.807, 2.05) is 43.3 Å². The summed E-state index contributed by atoms with van der Waals surface area (Å²) < 4.78 is 11.9. The summed E-state index contributed by atoms with van der Waals surface area (Å²) in [6, 6.07) is 20.5. The van der Waals surface area contributed by atoms with Crippen molar-refractivity contribution in [2.45, 2.75) is 38.4 Å². The molecule has 1 aliphatic rings. The highest BCUT2D eigenvalue weighted by Gasteiger charge is 2.30. The van der Waals surface area contributed by atoms with E-state index in [2.05, 4.69) is 29.6 Å². The fourth-order valence-electron chi connectivity index (χ4n) is 3.71. The van der Waals surface area contributed by atoms with E-state index in [1.54, 1.807) is 0 Å². The van der Waals surface area contributed by atoms with Crippen LogP contribution in [-0.4, -0.2) is 31.8 Å². The molecule has 4 nitrogen and oxygen atoms in total. The maximum absolute atomic E-state index is 12.2. The predicted octanol–water partition coefficient (Wildman–Crippen LogP) is 4.11. The number of esters is 1. The third-order valence-electron chi connectivity index (χ3n) is 5.10. The number of hydrogen-bond acceptors (Lipinski definition) is 4. The van der Waals surface area contributed by atoms with Crippen LogP contribution in [0.15, 0.2) is 60.7 Å². The Morgan fingerprint density at radius 2 is 1.56 bits per heavy atom. The topological polar surface area (TPSA) is 47.6 Å². The van der Waals surface area contributed by atoms with Gasteiger partial charge in [-0.2, -0.15) is 0 Å². The standard InChI is InChI=1S/C23H29NO3/c1-2-26-22(25)17-21(18-13-15-24-16-14-18)27-23(19-9-5-3-6-10-19)20-11-7-4-8-12-20/h3-12,18,21,23-24H,2,13-17H2,1H3. The summed E-state index contributed by atoms with van der Waals surface area (Å²) in [6.45, 7) is 4.18. The largest absolute Gasteiger partial charge is 0.466 e. The van der Waals surface area contributed by atoms with Gasteiger partial charge in [0.25, 0.3) is 0 Å². The lowest BCUT2D eigenvalue weighted by Gasteiger charge is -2.33. The van der Waals surface area contributed by atoms with E-state index in [4.69, 9.17) is 9.47 Å². The van der Waals surface area contributed by atoms with Crippen molar-refractivity contribution in [1.82, 2.24) is 5.32 Å². The highest BCUT2D eigenvalue weighted by Crippen LogP contribution is 2.32. The van der Waals surface area contributed by atoms with E-state index in [0.29, 0.717) is 18.9 Å². The zero-order valence-corrected chi connectivity index (χ0v) is 16.0. The lowest BCUT2D eigenvalue weighted by Crippen LogP contribution is -2.37. The Hall–Kier alpha value is -2.17. The number of benzene rings is 2. The molecule has 0 spiro atoms. The monoisotopic (exact) mass is 367 g/mol. The average Bonchev–Trinajstić information content (AvgIpc) is 2.73. The van der Waals surface area contributed by atoms with Crippen LogP contribution in [0.25, 0.3) is 0 Å². The van der Waals surface area contributed by atoms with Gasteiger partial charge in [0.15, 0.2) is 0 Å². The molecular formula is C23H29NO3. The summed E-state index contributed by atoms with van der Waals surface area (Å²) in [6.07, 6.45) is 1.98. The zero-order valence-electron chi connectivity index (χ0n) is 16.0. The van der Waals surface area contributed by atoms with Crippen molar-refractivity contribution in [1.29, 1.82) is 0 Å². The number of carbonyl (C=O) groups excluding carboxylic acids is 1. The van der Waals surface area contributed by atoms with Crippen molar-refractivity contribution in [2.24, 2.45) is 5.92 Å². The summed E-state index contributed by atoms with van der Waals surface area (Å²) in [7, 11) is 0. The van der Waals surface area contributed by atoms with E-state index in [9.17, 15) is 4.79 Å². The van der Waals surface area contributed by atoms with E-state index < -0.39 is 0 Å². The van der Waals surface area contributed by atoms with Crippen molar-refractivity contribution in [3.05, 3.63) is 71.8 Å². The molecule has 1 fully saturated rings. The second-order valence-corrected chi connectivity index (χ2v) is 6.97. The van der Waals surface area contributed by atoms with Crippen molar-refractivity contribution in [2.75, 3.05) is 19.7 Å². The fraction of sp³-hybridized carbons (Fsp3) is 0.435. The van der Waals surface area contributed by atoms with Gasteiger partial charge in [-0.05, 0) is 49.9 Å². The molecule has 0 aromatic heterocycles. The van der Waals surface area contributed by atoms with Crippen molar-refractivity contribution in [3.63, 3.8) is 0 Å². The van der Waals surface area contributed by atoms with Gasteiger partial charge in [-0.1, -0.05) is 60.7 Å². The summed E-state index contributed by atoms with van der Waals surface area (Å²) >= 11 is 0. The van der Waals surface area contributed by atoms with Crippen molar-refractivity contribution in [3.8, 4) is 0 Å². The van der Waals surface area contributed by atoms with Crippen LogP contribution in [0, 0.1) is 5.92 Å². The summed E-state index contributed by atoms with van der Waals surface area (Å²) in [5.41, 5.74) is 2.21. The minimum atomic E-state index is -0.193. The molecule has 1 N–H and O–H groups in total. The van der Waals surface area contributed by atoms with Gasteiger partial charge in [0.2, 0.25) is 0 Å². The van der Waals surface area contributed by atoms with E-state index in [0.717, 1.165) is 37.1 Å². The number of rotatable bonds is 8. The van der Waals surface area contributed by atoms with Crippen LogP contribution in [0.4, 0.5) is 0 Å². The molecule has 0 amide bonds. The van der Waals surface area contributed by atoms with Gasteiger partial charge < -0.3 is 14.8 Å². The molecule has 1 heterocycles. The molecule has 0 bridgehead atoms. The average molecular weight is 367 g/mol. The second kappa shape index (κ2) is 10.2. The molecule has 2 aromatic rings. The fourth-order valence-corrected chi connectivity index (χ4v) is 3.71. The molecule has 144 valence electrons. The summed E-state index contributed by atoms with van der Waals surface area (Å²) in [5, 5.41) is 3.39. The first kappa shape index (κ1) is 19.6. The van der Waals surface area contributed by atoms with E-state index >= 15 is 0 Å². The Morgan fingerprint density at radius 3 is 2.07 bits per heavy atom. The smallest absolute Gasteiger partial charge is 0.308 e. The molecule has 4 heteroatoms. The van der Waals surface area contributed by atoms with Gasteiger partial charge >= 0.3 is 5.97 Å². The quantitative estimate of drug-likeness (QED) is 0.713.